The molecule has 0 spiro atoms. The largest absolute Gasteiger partial charge is 0.452 e. The molecular weight excluding hydrogens is 324 g/mol. The van der Waals surface area contributed by atoms with Crippen LogP contribution in [0.25, 0.3) is 10.2 Å². The lowest BCUT2D eigenvalue weighted by atomic mass is 9.78. The van der Waals surface area contributed by atoms with Crippen molar-refractivity contribution in [1.82, 2.24) is 10.3 Å². The molecule has 1 aliphatic carbocycles. The number of esters is 1. The normalized spacial score (nSPS) is 23.8. The fourth-order valence-electron chi connectivity index (χ4n) is 3.23. The summed E-state index contributed by atoms with van der Waals surface area (Å²) in [4.78, 5) is 28.4. The smallest absolute Gasteiger partial charge is 0.338 e. The fourth-order valence-corrected chi connectivity index (χ4v) is 3.95. The minimum absolute atomic E-state index is 0.175. The van der Waals surface area contributed by atoms with E-state index in [1.165, 1.54) is 17.8 Å². The van der Waals surface area contributed by atoms with Gasteiger partial charge in [-0.05, 0) is 36.5 Å². The van der Waals surface area contributed by atoms with Crippen molar-refractivity contribution in [1.29, 1.82) is 0 Å². The number of aromatic nitrogens is 1. The Bertz CT molecular complexity index is 743. The lowest BCUT2D eigenvalue weighted by Crippen LogP contribution is -2.45. The van der Waals surface area contributed by atoms with Crippen LogP contribution < -0.4 is 5.32 Å². The molecule has 5 nitrogen and oxygen atoms in total. The Balaban J connectivity index is 1.52. The van der Waals surface area contributed by atoms with E-state index in [1.54, 1.807) is 23.7 Å². The molecule has 1 amide bonds. The first-order valence-electron chi connectivity index (χ1n) is 8.34. The van der Waals surface area contributed by atoms with Crippen molar-refractivity contribution in [3.63, 3.8) is 0 Å². The number of amides is 1. The van der Waals surface area contributed by atoms with Gasteiger partial charge in [-0.1, -0.05) is 26.7 Å². The van der Waals surface area contributed by atoms with Crippen LogP contribution in [0.5, 0.6) is 0 Å². The monoisotopic (exact) mass is 346 g/mol. The first-order chi connectivity index (χ1) is 11.5. The highest BCUT2D eigenvalue weighted by Gasteiger charge is 2.28. The molecular formula is C18H22N2O3S. The maximum atomic E-state index is 12.1. The molecule has 0 radical (unpaired) electrons. The van der Waals surface area contributed by atoms with Crippen LogP contribution in [0.2, 0.25) is 0 Å². The number of rotatable bonds is 4. The van der Waals surface area contributed by atoms with Gasteiger partial charge in [0, 0.05) is 6.04 Å². The maximum Gasteiger partial charge on any atom is 0.338 e. The van der Waals surface area contributed by atoms with E-state index < -0.39 is 5.97 Å². The molecule has 1 N–H and O–H groups in total. The molecule has 6 heteroatoms. The summed E-state index contributed by atoms with van der Waals surface area (Å²) < 4.78 is 6.08. The molecule has 1 saturated carbocycles. The molecule has 1 fully saturated rings. The Morgan fingerprint density at radius 3 is 3.00 bits per heavy atom. The molecule has 1 aromatic carbocycles. The van der Waals surface area contributed by atoms with Gasteiger partial charge in [-0.25, -0.2) is 9.78 Å². The van der Waals surface area contributed by atoms with Gasteiger partial charge in [-0.15, -0.1) is 11.3 Å². The van der Waals surface area contributed by atoms with Crippen molar-refractivity contribution in [2.45, 2.75) is 39.2 Å². The molecule has 0 saturated heterocycles. The van der Waals surface area contributed by atoms with Crippen molar-refractivity contribution in [2.24, 2.45) is 11.8 Å². The van der Waals surface area contributed by atoms with Gasteiger partial charge in [0.15, 0.2) is 6.61 Å². The van der Waals surface area contributed by atoms with E-state index in [0.717, 1.165) is 23.1 Å². The Morgan fingerprint density at radius 2 is 2.17 bits per heavy atom. The lowest BCUT2D eigenvalue weighted by Gasteiger charge is -2.34. The molecule has 24 heavy (non-hydrogen) atoms. The third kappa shape index (κ3) is 3.75. The van der Waals surface area contributed by atoms with Gasteiger partial charge >= 0.3 is 5.97 Å². The Morgan fingerprint density at radius 1 is 1.33 bits per heavy atom. The summed E-state index contributed by atoms with van der Waals surface area (Å²) in [6.07, 6.45) is 3.33. The average Bonchev–Trinajstić information content (AvgIpc) is 3.04. The average molecular weight is 346 g/mol. The third-order valence-electron chi connectivity index (χ3n) is 4.95. The zero-order chi connectivity index (χ0) is 17.1. The van der Waals surface area contributed by atoms with Crippen molar-refractivity contribution >= 4 is 33.4 Å². The van der Waals surface area contributed by atoms with Crippen LogP contribution in [0.4, 0.5) is 0 Å². The van der Waals surface area contributed by atoms with Gasteiger partial charge in [0.05, 0.1) is 21.3 Å². The zero-order valence-electron chi connectivity index (χ0n) is 14.0. The van der Waals surface area contributed by atoms with Crippen molar-refractivity contribution in [3.05, 3.63) is 29.3 Å². The molecule has 0 bridgehead atoms. The summed E-state index contributed by atoms with van der Waals surface area (Å²) in [5.74, 6) is 0.351. The van der Waals surface area contributed by atoms with Crippen LogP contribution in [0, 0.1) is 11.8 Å². The van der Waals surface area contributed by atoms with Gasteiger partial charge in [-0.2, -0.15) is 0 Å². The predicted molar refractivity (Wildman–Crippen MR) is 94.0 cm³/mol. The molecule has 1 heterocycles. The van der Waals surface area contributed by atoms with Crippen LogP contribution in [0.15, 0.2) is 23.7 Å². The van der Waals surface area contributed by atoms with E-state index in [1.807, 2.05) is 0 Å². The van der Waals surface area contributed by atoms with E-state index in [4.69, 9.17) is 4.74 Å². The van der Waals surface area contributed by atoms with E-state index in [9.17, 15) is 9.59 Å². The molecule has 128 valence electrons. The van der Waals surface area contributed by atoms with Crippen LogP contribution in [-0.2, 0) is 9.53 Å². The standard InChI is InChI=1S/C18H22N2O3S/c1-11-4-3-5-14(12(11)2)20-17(21)9-23-18(22)13-6-7-15-16(8-13)24-10-19-15/h6-8,10-12,14H,3-5,9H2,1-2H3,(H,20,21)/t11-,12-,14+/m1/s1. The number of thiazole rings is 1. The number of hydrogen-bond acceptors (Lipinski definition) is 5. The first-order valence-corrected chi connectivity index (χ1v) is 9.22. The summed E-state index contributed by atoms with van der Waals surface area (Å²) in [7, 11) is 0. The van der Waals surface area contributed by atoms with Gasteiger partial charge in [0.2, 0.25) is 0 Å². The topological polar surface area (TPSA) is 68.3 Å². The summed E-state index contributed by atoms with van der Waals surface area (Å²) in [6, 6.07) is 5.38. The summed E-state index contributed by atoms with van der Waals surface area (Å²) in [5.41, 5.74) is 3.04. The maximum absolute atomic E-state index is 12.1. The third-order valence-corrected chi connectivity index (χ3v) is 5.75. The minimum Gasteiger partial charge on any atom is -0.452 e. The second kappa shape index (κ2) is 7.30. The summed E-state index contributed by atoms with van der Waals surface area (Å²) >= 11 is 1.47. The van der Waals surface area contributed by atoms with Gasteiger partial charge in [0.1, 0.15) is 0 Å². The number of ether oxygens (including phenoxy) is 1. The SMILES string of the molecule is C[C@@H]1[C@H](C)CCC[C@@H]1NC(=O)COC(=O)c1ccc2ncsc2c1. The van der Waals surface area contributed by atoms with Crippen LogP contribution >= 0.6 is 11.3 Å². The second-order valence-corrected chi connectivity index (χ2v) is 7.44. The zero-order valence-corrected chi connectivity index (χ0v) is 14.8. The van der Waals surface area contributed by atoms with Crippen molar-refractivity contribution in [2.75, 3.05) is 6.61 Å². The van der Waals surface area contributed by atoms with Crippen LogP contribution in [0.3, 0.4) is 0 Å². The highest BCUT2D eigenvalue weighted by atomic mass is 32.1. The number of carbonyl (C=O) groups is 2. The minimum atomic E-state index is -0.481. The first kappa shape index (κ1) is 16.9. The summed E-state index contributed by atoms with van der Waals surface area (Å²) in [6.45, 7) is 4.15. The van der Waals surface area contributed by atoms with E-state index >= 15 is 0 Å². The van der Waals surface area contributed by atoms with Gasteiger partial charge < -0.3 is 10.1 Å². The van der Waals surface area contributed by atoms with Crippen molar-refractivity contribution < 1.29 is 14.3 Å². The van der Waals surface area contributed by atoms with E-state index in [0.29, 0.717) is 17.4 Å². The number of carbonyl (C=O) groups excluding carboxylic acids is 2. The quantitative estimate of drug-likeness (QED) is 0.862. The van der Waals surface area contributed by atoms with E-state index in [2.05, 4.69) is 24.1 Å². The fraction of sp³-hybridized carbons (Fsp3) is 0.500. The van der Waals surface area contributed by atoms with E-state index in [-0.39, 0.29) is 18.6 Å². The van der Waals surface area contributed by atoms with Crippen molar-refractivity contribution in [3.8, 4) is 0 Å². The number of fused-ring (bicyclic) bond motifs is 1. The van der Waals surface area contributed by atoms with Gasteiger partial charge in [0.25, 0.3) is 5.91 Å². The summed E-state index contributed by atoms with van der Waals surface area (Å²) in [5, 5.41) is 3.01. The molecule has 0 unspecified atom stereocenters. The number of benzene rings is 1. The number of nitrogens with one attached hydrogen (secondary N) is 1. The lowest BCUT2D eigenvalue weighted by molar-refractivity contribution is -0.125. The Kier molecular flexibility index (Phi) is 5.14. The molecule has 0 aliphatic heterocycles. The highest BCUT2D eigenvalue weighted by Crippen LogP contribution is 2.29. The van der Waals surface area contributed by atoms with Crippen LogP contribution in [-0.4, -0.2) is 29.5 Å². The Hall–Kier alpha value is -1.95. The number of hydrogen-bond donors (Lipinski definition) is 1. The molecule has 3 atom stereocenters. The Labute approximate surface area is 145 Å². The number of nitrogens with zero attached hydrogens (tertiary/aromatic N) is 1. The van der Waals surface area contributed by atoms with Gasteiger partial charge in [-0.3, -0.25) is 4.79 Å². The second-order valence-electron chi connectivity index (χ2n) is 6.55. The van der Waals surface area contributed by atoms with Crippen LogP contribution in [0.1, 0.15) is 43.5 Å². The molecule has 3 rings (SSSR count). The molecule has 1 aromatic heterocycles. The highest BCUT2D eigenvalue weighted by molar-refractivity contribution is 7.16. The molecule has 1 aliphatic rings. The molecule has 2 aromatic rings. The predicted octanol–water partition coefficient (Wildman–Crippen LogP) is 3.39.